The standard InChI is InChI=1S/C17H28N2O2.ClH/c1-19(2)13-14-8-6-4-5-7-9-17(14,20)15-10-16(21-3)12-18-11-15;/h10-12,14,20H,4-9,13H2,1-3H3;1H. The number of aliphatic hydroxyl groups is 1. The Balaban J connectivity index is 0.00000242. The summed E-state index contributed by atoms with van der Waals surface area (Å²) < 4.78 is 5.28. The Morgan fingerprint density at radius 2 is 2.00 bits per heavy atom. The van der Waals surface area contributed by atoms with Gasteiger partial charge in [-0.3, -0.25) is 4.98 Å². The minimum absolute atomic E-state index is 0. The highest BCUT2D eigenvalue weighted by molar-refractivity contribution is 5.85. The van der Waals surface area contributed by atoms with Gasteiger partial charge in [-0.1, -0.05) is 25.7 Å². The first-order chi connectivity index (χ1) is 10.1. The van der Waals surface area contributed by atoms with Crippen LogP contribution in [0.25, 0.3) is 0 Å². The summed E-state index contributed by atoms with van der Waals surface area (Å²) in [5.41, 5.74) is 0.0993. The average molecular weight is 329 g/mol. The molecule has 2 atom stereocenters. The van der Waals surface area contributed by atoms with Crippen LogP contribution in [0.15, 0.2) is 18.5 Å². The maximum absolute atomic E-state index is 11.5. The lowest BCUT2D eigenvalue weighted by Gasteiger charge is -2.39. The Morgan fingerprint density at radius 1 is 1.27 bits per heavy atom. The van der Waals surface area contributed by atoms with Crippen molar-refractivity contribution >= 4 is 12.4 Å². The molecule has 0 bridgehead atoms. The molecule has 1 saturated carbocycles. The van der Waals surface area contributed by atoms with Crippen LogP contribution in [0.4, 0.5) is 0 Å². The summed E-state index contributed by atoms with van der Waals surface area (Å²) in [6, 6.07) is 1.94. The largest absolute Gasteiger partial charge is 0.495 e. The van der Waals surface area contributed by atoms with Gasteiger partial charge >= 0.3 is 0 Å². The van der Waals surface area contributed by atoms with Gasteiger partial charge in [0.1, 0.15) is 5.75 Å². The highest BCUT2D eigenvalue weighted by Crippen LogP contribution is 2.40. The van der Waals surface area contributed by atoms with Gasteiger partial charge in [0.05, 0.1) is 18.9 Å². The van der Waals surface area contributed by atoms with Crippen molar-refractivity contribution in [2.24, 2.45) is 5.92 Å². The second-order valence-corrected chi connectivity index (χ2v) is 6.45. The fourth-order valence-corrected chi connectivity index (χ4v) is 3.41. The van der Waals surface area contributed by atoms with E-state index >= 15 is 0 Å². The van der Waals surface area contributed by atoms with Crippen molar-refractivity contribution in [2.75, 3.05) is 27.7 Å². The maximum atomic E-state index is 11.5. The van der Waals surface area contributed by atoms with Gasteiger partial charge < -0.3 is 14.7 Å². The van der Waals surface area contributed by atoms with Crippen molar-refractivity contribution in [3.05, 3.63) is 24.0 Å². The predicted octanol–water partition coefficient (Wildman–Crippen LogP) is 3.23. The number of hydrogen-bond donors (Lipinski definition) is 1. The number of methoxy groups -OCH3 is 1. The number of pyridine rings is 1. The third-order valence-corrected chi connectivity index (χ3v) is 4.57. The van der Waals surface area contributed by atoms with Crippen molar-refractivity contribution in [3.63, 3.8) is 0 Å². The molecule has 0 aromatic carbocycles. The molecule has 2 unspecified atom stereocenters. The zero-order valence-electron chi connectivity index (χ0n) is 13.9. The topological polar surface area (TPSA) is 45.6 Å². The third kappa shape index (κ3) is 4.58. The summed E-state index contributed by atoms with van der Waals surface area (Å²) in [5.74, 6) is 0.952. The summed E-state index contributed by atoms with van der Waals surface area (Å²) >= 11 is 0. The molecule has 0 saturated heterocycles. The quantitative estimate of drug-likeness (QED) is 0.921. The average Bonchev–Trinajstić information content (AvgIpc) is 2.47. The van der Waals surface area contributed by atoms with E-state index in [9.17, 15) is 5.11 Å². The number of nitrogens with zero attached hydrogens (tertiary/aromatic N) is 2. The highest BCUT2D eigenvalue weighted by atomic mass is 35.5. The molecule has 0 spiro atoms. The molecule has 1 N–H and O–H groups in total. The van der Waals surface area contributed by atoms with Crippen LogP contribution in [-0.4, -0.2) is 42.7 Å². The number of halogens is 1. The molecule has 0 radical (unpaired) electrons. The molecule has 22 heavy (non-hydrogen) atoms. The van der Waals surface area contributed by atoms with E-state index < -0.39 is 5.60 Å². The zero-order valence-corrected chi connectivity index (χ0v) is 14.7. The Hall–Kier alpha value is -0.840. The van der Waals surface area contributed by atoms with Crippen LogP contribution in [0.2, 0.25) is 0 Å². The molecule has 5 heteroatoms. The monoisotopic (exact) mass is 328 g/mol. The van der Waals surface area contributed by atoms with E-state index in [1.807, 2.05) is 6.07 Å². The number of hydrogen-bond acceptors (Lipinski definition) is 4. The van der Waals surface area contributed by atoms with E-state index in [0.29, 0.717) is 5.75 Å². The zero-order chi connectivity index (χ0) is 15.3. The van der Waals surface area contributed by atoms with Gasteiger partial charge in [0, 0.05) is 24.2 Å². The van der Waals surface area contributed by atoms with Gasteiger partial charge in [0.2, 0.25) is 0 Å². The molecule has 1 aliphatic carbocycles. The van der Waals surface area contributed by atoms with Crippen molar-refractivity contribution in [1.82, 2.24) is 9.88 Å². The molecular weight excluding hydrogens is 300 g/mol. The molecule has 4 nitrogen and oxygen atoms in total. The van der Waals surface area contributed by atoms with Crippen molar-refractivity contribution in [3.8, 4) is 5.75 Å². The highest BCUT2D eigenvalue weighted by Gasteiger charge is 2.39. The summed E-state index contributed by atoms with van der Waals surface area (Å²) in [7, 11) is 5.78. The molecule has 1 aliphatic rings. The van der Waals surface area contributed by atoms with Gasteiger partial charge in [0.25, 0.3) is 0 Å². The van der Waals surface area contributed by atoms with Crippen molar-refractivity contribution < 1.29 is 9.84 Å². The molecule has 0 aliphatic heterocycles. The lowest BCUT2D eigenvalue weighted by molar-refractivity contribution is -0.0507. The molecule has 1 fully saturated rings. The van der Waals surface area contributed by atoms with E-state index in [-0.39, 0.29) is 18.3 Å². The first-order valence-corrected chi connectivity index (χ1v) is 7.93. The molecule has 1 heterocycles. The Kier molecular flexibility index (Phi) is 7.60. The second kappa shape index (κ2) is 8.70. The number of aromatic nitrogens is 1. The lowest BCUT2D eigenvalue weighted by atomic mass is 9.74. The van der Waals surface area contributed by atoms with Gasteiger partial charge in [-0.05, 0) is 33.0 Å². The summed E-state index contributed by atoms with van der Waals surface area (Å²) in [5, 5.41) is 11.5. The first-order valence-electron chi connectivity index (χ1n) is 7.93. The molecule has 0 amide bonds. The van der Waals surface area contributed by atoms with Crippen molar-refractivity contribution in [2.45, 2.75) is 44.1 Å². The van der Waals surface area contributed by atoms with Crippen LogP contribution in [0, 0.1) is 5.92 Å². The van der Waals surface area contributed by atoms with Crippen LogP contribution in [0.3, 0.4) is 0 Å². The molecule has 1 aromatic rings. The first kappa shape index (κ1) is 19.2. The van der Waals surface area contributed by atoms with E-state index in [0.717, 1.165) is 31.4 Å². The number of rotatable bonds is 4. The minimum atomic E-state index is -0.799. The van der Waals surface area contributed by atoms with E-state index in [1.165, 1.54) is 19.3 Å². The van der Waals surface area contributed by atoms with E-state index in [2.05, 4.69) is 24.0 Å². The Bertz CT molecular complexity index is 456. The van der Waals surface area contributed by atoms with Crippen LogP contribution >= 0.6 is 12.4 Å². The van der Waals surface area contributed by atoms with Crippen molar-refractivity contribution in [1.29, 1.82) is 0 Å². The Morgan fingerprint density at radius 3 is 2.68 bits per heavy atom. The van der Waals surface area contributed by atoms with Crippen LogP contribution in [-0.2, 0) is 5.60 Å². The van der Waals surface area contributed by atoms with Crippen LogP contribution < -0.4 is 4.74 Å². The maximum Gasteiger partial charge on any atom is 0.137 e. The van der Waals surface area contributed by atoms with Gasteiger partial charge in [-0.15, -0.1) is 12.4 Å². The fraction of sp³-hybridized carbons (Fsp3) is 0.706. The third-order valence-electron chi connectivity index (χ3n) is 4.57. The van der Waals surface area contributed by atoms with E-state index in [4.69, 9.17) is 4.74 Å². The lowest BCUT2D eigenvalue weighted by Crippen LogP contribution is -2.41. The summed E-state index contributed by atoms with van der Waals surface area (Å²) in [6.45, 7) is 0.897. The summed E-state index contributed by atoms with van der Waals surface area (Å²) in [6.07, 6.45) is 10.1. The molecule has 1 aromatic heterocycles. The normalized spacial score (nSPS) is 26.0. The van der Waals surface area contributed by atoms with Crippen LogP contribution in [0.5, 0.6) is 5.75 Å². The summed E-state index contributed by atoms with van der Waals surface area (Å²) in [4.78, 5) is 6.42. The predicted molar refractivity (Wildman–Crippen MR) is 91.7 cm³/mol. The Labute approximate surface area is 140 Å². The number of ether oxygens (including phenoxy) is 1. The fourth-order valence-electron chi connectivity index (χ4n) is 3.41. The molecule has 2 rings (SSSR count). The van der Waals surface area contributed by atoms with Gasteiger partial charge in [-0.25, -0.2) is 0 Å². The van der Waals surface area contributed by atoms with E-state index in [1.54, 1.807) is 19.5 Å². The molecular formula is C17H29ClN2O2. The molecule has 126 valence electrons. The second-order valence-electron chi connectivity index (χ2n) is 6.45. The van der Waals surface area contributed by atoms with Gasteiger partial charge in [-0.2, -0.15) is 0 Å². The SMILES string of the molecule is COc1cncc(C2(O)CCCCCCC2CN(C)C)c1.Cl. The van der Waals surface area contributed by atoms with Gasteiger partial charge in [0.15, 0.2) is 0 Å². The minimum Gasteiger partial charge on any atom is -0.495 e. The smallest absolute Gasteiger partial charge is 0.137 e. The van der Waals surface area contributed by atoms with Crippen LogP contribution in [0.1, 0.15) is 44.1 Å².